The van der Waals surface area contributed by atoms with Crippen LogP contribution in [0.2, 0.25) is 0 Å². The topological polar surface area (TPSA) is 254 Å². The Kier molecular flexibility index (Phi) is 42.3. The minimum absolute atomic E-state index is 0.00750. The molecular weight excluding hydrogens is 756 g/mol. The molecule has 2 N–H and O–H groups in total. The largest absolute Gasteiger partial charge is 0.466 e. The van der Waals surface area contributed by atoms with Gasteiger partial charge in [-0.25, -0.2) is 39.1 Å². The van der Waals surface area contributed by atoms with Crippen molar-refractivity contribution < 1.29 is 62.8 Å². The lowest BCUT2D eigenvalue weighted by molar-refractivity contribution is -0.154. The van der Waals surface area contributed by atoms with Gasteiger partial charge >= 0.3 is 17.9 Å². The van der Waals surface area contributed by atoms with Gasteiger partial charge in [-0.15, -0.1) is 0 Å². The van der Waals surface area contributed by atoms with Gasteiger partial charge in [0.05, 0.1) is 51.6 Å². The number of carbonyl (C=O) groups excluding carboxylic acids is 8. The Bertz CT molecular complexity index is 1270. The number of aliphatic hydroxyl groups excluding tert-OH is 2. The van der Waals surface area contributed by atoms with Gasteiger partial charge in [0.1, 0.15) is 18.6 Å². The summed E-state index contributed by atoms with van der Waals surface area (Å²) in [5.74, 6) is -1.59. The summed E-state index contributed by atoms with van der Waals surface area (Å²) in [6.07, 6.45) is 14.6. The molecule has 0 aromatic heterocycles. The van der Waals surface area contributed by atoms with E-state index in [1.165, 1.54) is 19.1 Å². The summed E-state index contributed by atoms with van der Waals surface area (Å²) in [5.41, 5.74) is 0.0561. The van der Waals surface area contributed by atoms with Gasteiger partial charge in [0.25, 0.3) is 0 Å². The van der Waals surface area contributed by atoms with E-state index in [2.05, 4.69) is 55.0 Å². The van der Waals surface area contributed by atoms with Crippen molar-refractivity contribution in [1.29, 1.82) is 0 Å². The van der Waals surface area contributed by atoms with Gasteiger partial charge in [0.15, 0.2) is 0 Å². The maximum Gasteiger partial charge on any atom is 0.317 e. The summed E-state index contributed by atoms with van der Waals surface area (Å²) in [6, 6.07) is 0.00750. The fourth-order valence-electron chi connectivity index (χ4n) is 5.93. The van der Waals surface area contributed by atoms with Gasteiger partial charge in [-0.05, 0) is 83.5 Å². The minimum Gasteiger partial charge on any atom is -0.466 e. The van der Waals surface area contributed by atoms with Crippen LogP contribution in [0.3, 0.4) is 0 Å². The number of aliphatic hydroxyl groups is 2. The lowest BCUT2D eigenvalue weighted by Gasteiger charge is -2.44. The minimum atomic E-state index is -0.536. The second-order valence-electron chi connectivity index (χ2n) is 14.4. The Hall–Kier alpha value is -4.48. The summed E-state index contributed by atoms with van der Waals surface area (Å²) in [5, 5.41) is 18.1. The SMILES string of the molecule is CC1(C)CC(N=C=O)CC(C)(CN=C=O)C1.CCCC(O)C(CC)CO.CCOC(=O)CC(=O)OCC.CCOC(=O)CC(C)=O.O=C=NCCCCCCN=C=O. The average Bonchev–Trinajstić information content (AvgIpc) is 3.13. The monoisotopic (exact) mass is 826 g/mol. The number of nitrogens with zero attached hydrogens (tertiary/aromatic N) is 4. The highest BCUT2D eigenvalue weighted by Crippen LogP contribution is 2.47. The third-order valence-corrected chi connectivity index (χ3v) is 8.09. The van der Waals surface area contributed by atoms with Crippen LogP contribution in [0, 0.1) is 16.7 Å². The second-order valence-corrected chi connectivity index (χ2v) is 14.4. The number of aliphatic imine (C=N–C) groups is 4. The van der Waals surface area contributed by atoms with E-state index in [0.29, 0.717) is 26.2 Å². The van der Waals surface area contributed by atoms with Crippen LogP contribution >= 0.6 is 0 Å². The number of rotatable bonds is 22. The molecule has 17 heteroatoms. The lowest BCUT2D eigenvalue weighted by Crippen LogP contribution is -2.39. The molecule has 1 fully saturated rings. The normalized spacial score (nSPS) is 16.6. The molecule has 1 aliphatic rings. The van der Waals surface area contributed by atoms with Crippen LogP contribution in [-0.2, 0) is 52.6 Å². The van der Waals surface area contributed by atoms with Crippen LogP contribution in [0.25, 0.3) is 0 Å². The molecule has 0 spiro atoms. The second kappa shape index (κ2) is 40.7. The van der Waals surface area contributed by atoms with Crippen LogP contribution in [0.1, 0.15) is 139 Å². The Balaban J connectivity index is -0.000000320. The molecule has 0 saturated heterocycles. The average molecular weight is 827 g/mol. The van der Waals surface area contributed by atoms with Gasteiger partial charge in [-0.3, -0.25) is 19.2 Å². The van der Waals surface area contributed by atoms with E-state index in [1.54, 1.807) is 32.9 Å². The summed E-state index contributed by atoms with van der Waals surface area (Å²) < 4.78 is 13.5. The highest BCUT2D eigenvalue weighted by atomic mass is 16.6. The van der Waals surface area contributed by atoms with Crippen molar-refractivity contribution in [2.75, 3.05) is 46.1 Å². The number of carbonyl (C=O) groups is 4. The van der Waals surface area contributed by atoms with Crippen LogP contribution in [0.5, 0.6) is 0 Å². The summed E-state index contributed by atoms with van der Waals surface area (Å²) in [6.45, 7) is 19.5. The molecule has 0 heterocycles. The first-order chi connectivity index (χ1) is 27.4. The molecule has 58 heavy (non-hydrogen) atoms. The van der Waals surface area contributed by atoms with Crippen LogP contribution in [-0.4, -0.2) is 116 Å². The number of hydrogen-bond acceptors (Lipinski definition) is 17. The van der Waals surface area contributed by atoms with E-state index in [-0.39, 0.29) is 67.3 Å². The lowest BCUT2D eigenvalue weighted by atomic mass is 9.63. The quantitative estimate of drug-likeness (QED) is 0.0334. The van der Waals surface area contributed by atoms with E-state index in [4.69, 9.17) is 5.11 Å². The molecule has 0 aromatic carbocycles. The van der Waals surface area contributed by atoms with Gasteiger partial charge in [-0.2, -0.15) is 0 Å². The number of ketones is 1. The van der Waals surface area contributed by atoms with Gasteiger partial charge in [0.2, 0.25) is 24.3 Å². The maximum atomic E-state index is 10.6. The van der Waals surface area contributed by atoms with Gasteiger partial charge in [0, 0.05) is 12.5 Å². The summed E-state index contributed by atoms with van der Waals surface area (Å²) >= 11 is 0. The van der Waals surface area contributed by atoms with Gasteiger partial charge < -0.3 is 24.4 Å². The zero-order chi connectivity index (χ0) is 45.3. The van der Waals surface area contributed by atoms with Gasteiger partial charge in [-0.1, -0.05) is 53.9 Å². The Morgan fingerprint density at radius 2 is 1.17 bits per heavy atom. The number of hydrogen-bond donors (Lipinski definition) is 2. The Morgan fingerprint density at radius 1 is 0.707 bits per heavy atom. The molecule has 0 amide bonds. The van der Waals surface area contributed by atoms with Crippen molar-refractivity contribution in [3.05, 3.63) is 0 Å². The van der Waals surface area contributed by atoms with E-state index < -0.39 is 17.9 Å². The van der Waals surface area contributed by atoms with E-state index >= 15 is 0 Å². The maximum absolute atomic E-state index is 10.6. The van der Waals surface area contributed by atoms with Crippen molar-refractivity contribution in [1.82, 2.24) is 0 Å². The number of ether oxygens (including phenoxy) is 3. The van der Waals surface area contributed by atoms with Crippen LogP contribution < -0.4 is 0 Å². The standard InChI is InChI=1S/C12H18N2O2.C8H12N2O2.C8H18O2.C7H12O4.C6H10O3/c1-11(2)4-10(14-9-16)5-12(3,6-11)7-13-8-15;11-7-9-5-3-1-2-4-6-10-8-12;1-3-5-8(10)7(4-2)6-9;1-3-10-6(8)5-7(9)11-4-2;1-3-9-6(8)4-5(2)7/h10H,4-7H2,1-3H3;1-6H2;7-10H,3-6H2,1-2H3;3-5H2,1-2H3;3-4H2,1-2H3. The van der Waals surface area contributed by atoms with Crippen molar-refractivity contribution in [3.63, 3.8) is 0 Å². The first-order valence-electron chi connectivity index (χ1n) is 19.9. The first kappa shape index (κ1) is 60.2. The summed E-state index contributed by atoms with van der Waals surface area (Å²) in [4.78, 5) is 96.0. The van der Waals surface area contributed by atoms with Crippen molar-refractivity contribution in [2.24, 2.45) is 36.7 Å². The predicted molar refractivity (Wildman–Crippen MR) is 217 cm³/mol. The number of Topliss-reactive ketones (excluding diaryl/α,β-unsaturated/α-hetero) is 1. The van der Waals surface area contributed by atoms with E-state index in [9.17, 15) is 43.5 Å². The number of isocyanates is 4. The molecule has 4 unspecified atom stereocenters. The molecule has 0 aromatic rings. The fourth-order valence-corrected chi connectivity index (χ4v) is 5.93. The zero-order valence-electron chi connectivity index (χ0n) is 36.3. The predicted octanol–water partition coefficient (Wildman–Crippen LogP) is 5.66. The Morgan fingerprint density at radius 3 is 1.53 bits per heavy atom. The third kappa shape index (κ3) is 41.2. The van der Waals surface area contributed by atoms with Crippen LogP contribution in [0.4, 0.5) is 0 Å². The summed E-state index contributed by atoms with van der Waals surface area (Å²) in [7, 11) is 0. The molecule has 1 saturated carbocycles. The molecule has 332 valence electrons. The number of esters is 3. The van der Waals surface area contributed by atoms with Crippen molar-refractivity contribution in [2.45, 2.75) is 152 Å². The fraction of sp³-hybridized carbons (Fsp3) is 0.805. The van der Waals surface area contributed by atoms with Crippen molar-refractivity contribution in [3.8, 4) is 0 Å². The van der Waals surface area contributed by atoms with E-state index in [1.807, 2.05) is 13.8 Å². The molecular formula is C41H70N4O13. The molecule has 17 nitrogen and oxygen atoms in total. The molecule has 0 radical (unpaired) electrons. The molecule has 1 aliphatic carbocycles. The smallest absolute Gasteiger partial charge is 0.317 e. The highest BCUT2D eigenvalue weighted by Gasteiger charge is 2.41. The van der Waals surface area contributed by atoms with E-state index in [0.717, 1.165) is 64.2 Å². The molecule has 4 atom stereocenters. The molecule has 0 bridgehead atoms. The zero-order valence-corrected chi connectivity index (χ0v) is 36.3. The molecule has 0 aliphatic heterocycles. The highest BCUT2D eigenvalue weighted by molar-refractivity contribution is 5.94. The Labute approximate surface area is 344 Å². The third-order valence-electron chi connectivity index (χ3n) is 8.09. The molecule has 1 rings (SSSR count). The van der Waals surface area contributed by atoms with Crippen LogP contribution in [0.15, 0.2) is 20.0 Å². The first-order valence-corrected chi connectivity index (χ1v) is 19.9. The van der Waals surface area contributed by atoms with Crippen molar-refractivity contribution >= 4 is 48.0 Å². The number of unbranched alkanes of at least 4 members (excludes halogenated alkanes) is 3.